The van der Waals surface area contributed by atoms with Crippen LogP contribution in [0.3, 0.4) is 0 Å². The Kier molecular flexibility index (Phi) is 3.26. The van der Waals surface area contributed by atoms with E-state index >= 15 is 0 Å². The predicted molar refractivity (Wildman–Crippen MR) is 71.3 cm³/mol. The molecule has 4 nitrogen and oxygen atoms in total. The lowest BCUT2D eigenvalue weighted by atomic mass is 9.96. The molecule has 0 atom stereocenters. The molecule has 1 aromatic heterocycles. The van der Waals surface area contributed by atoms with Gasteiger partial charge in [-0.2, -0.15) is 5.10 Å². The molecule has 0 fully saturated rings. The van der Waals surface area contributed by atoms with Gasteiger partial charge in [0.1, 0.15) is 11.5 Å². The molecule has 1 aromatic carbocycles. The van der Waals surface area contributed by atoms with Crippen LogP contribution in [0.1, 0.15) is 40.2 Å². The predicted octanol–water partition coefficient (Wildman–Crippen LogP) is 2.65. The van der Waals surface area contributed by atoms with Gasteiger partial charge in [0.15, 0.2) is 0 Å². The van der Waals surface area contributed by atoms with Crippen molar-refractivity contribution in [2.75, 3.05) is 0 Å². The number of benzene rings is 1. The summed E-state index contributed by atoms with van der Waals surface area (Å²) in [5, 5.41) is 13.8. The third-order valence-corrected chi connectivity index (χ3v) is 3.70. The molecule has 0 bridgehead atoms. The maximum absolute atomic E-state index is 13.7. The smallest absolute Gasteiger partial charge is 0.354 e. The molecule has 1 aliphatic rings. The SMILES string of the molecule is O=C(O)c1c2c(nn1Cc1ccccc1F)CCCC2. The van der Waals surface area contributed by atoms with E-state index in [1.54, 1.807) is 18.2 Å². The van der Waals surface area contributed by atoms with Crippen molar-refractivity contribution in [3.8, 4) is 0 Å². The first-order valence-electron chi connectivity index (χ1n) is 6.72. The van der Waals surface area contributed by atoms with Gasteiger partial charge >= 0.3 is 5.97 Å². The Hall–Kier alpha value is -2.17. The van der Waals surface area contributed by atoms with E-state index in [4.69, 9.17) is 0 Å². The zero-order chi connectivity index (χ0) is 14.1. The number of carboxylic acid groups (broad SMARTS) is 1. The van der Waals surface area contributed by atoms with Crippen molar-refractivity contribution in [3.63, 3.8) is 0 Å². The molecule has 0 spiro atoms. The van der Waals surface area contributed by atoms with Gasteiger partial charge in [-0.25, -0.2) is 9.18 Å². The van der Waals surface area contributed by atoms with Crippen molar-refractivity contribution in [1.29, 1.82) is 0 Å². The molecule has 0 radical (unpaired) electrons. The number of aromatic carboxylic acids is 1. The molecule has 0 unspecified atom stereocenters. The standard InChI is InChI=1S/C15H15FN2O2/c16-12-7-3-1-5-10(12)9-18-14(15(19)20)11-6-2-4-8-13(11)17-18/h1,3,5,7H,2,4,6,8-9H2,(H,19,20). The summed E-state index contributed by atoms with van der Waals surface area (Å²) in [5.74, 6) is -1.32. The Morgan fingerprint density at radius 3 is 2.80 bits per heavy atom. The summed E-state index contributed by atoms with van der Waals surface area (Å²) in [7, 11) is 0. The third kappa shape index (κ3) is 2.19. The average Bonchev–Trinajstić information content (AvgIpc) is 2.79. The van der Waals surface area contributed by atoms with Crippen molar-refractivity contribution >= 4 is 5.97 Å². The maximum atomic E-state index is 13.7. The number of aromatic nitrogens is 2. The van der Waals surface area contributed by atoms with Crippen molar-refractivity contribution in [2.24, 2.45) is 0 Å². The Morgan fingerprint density at radius 2 is 2.05 bits per heavy atom. The minimum atomic E-state index is -0.989. The molecule has 2 aromatic rings. The number of aryl methyl sites for hydroxylation is 1. The molecule has 1 N–H and O–H groups in total. The van der Waals surface area contributed by atoms with E-state index in [2.05, 4.69) is 5.10 Å². The van der Waals surface area contributed by atoms with Gasteiger partial charge in [-0.1, -0.05) is 18.2 Å². The number of hydrogen-bond donors (Lipinski definition) is 1. The fourth-order valence-corrected chi connectivity index (χ4v) is 2.75. The number of carbonyl (C=O) groups is 1. The van der Waals surface area contributed by atoms with Crippen molar-refractivity contribution < 1.29 is 14.3 Å². The van der Waals surface area contributed by atoms with E-state index in [9.17, 15) is 14.3 Å². The van der Waals surface area contributed by atoms with Gasteiger partial charge in [0, 0.05) is 11.1 Å². The fraction of sp³-hybridized carbons (Fsp3) is 0.333. The minimum absolute atomic E-state index is 0.154. The Balaban J connectivity index is 2.03. The molecule has 3 rings (SSSR count). The molecule has 104 valence electrons. The zero-order valence-corrected chi connectivity index (χ0v) is 11.0. The fourth-order valence-electron chi connectivity index (χ4n) is 2.75. The molecule has 20 heavy (non-hydrogen) atoms. The van der Waals surface area contributed by atoms with Crippen LogP contribution in [0.2, 0.25) is 0 Å². The third-order valence-electron chi connectivity index (χ3n) is 3.70. The molecule has 1 aliphatic carbocycles. The average molecular weight is 274 g/mol. The second kappa shape index (κ2) is 5.07. The van der Waals surface area contributed by atoms with Crippen molar-refractivity contribution in [2.45, 2.75) is 32.2 Å². The molecule has 1 heterocycles. The normalized spacial score (nSPS) is 14.1. The molecule has 0 aliphatic heterocycles. The van der Waals surface area contributed by atoms with Crippen LogP contribution in [0.15, 0.2) is 24.3 Å². The Morgan fingerprint density at radius 1 is 1.30 bits per heavy atom. The number of carboxylic acids is 1. The number of rotatable bonds is 3. The van der Waals surface area contributed by atoms with Gasteiger partial charge in [0.05, 0.1) is 12.2 Å². The molecular formula is C15H15FN2O2. The van der Waals surface area contributed by atoms with Crippen LogP contribution in [0.25, 0.3) is 0 Å². The second-order valence-electron chi connectivity index (χ2n) is 5.04. The number of halogens is 1. The molecule has 0 saturated heterocycles. The van der Waals surface area contributed by atoms with Gasteiger partial charge < -0.3 is 5.11 Å². The van der Waals surface area contributed by atoms with Crippen LogP contribution < -0.4 is 0 Å². The largest absolute Gasteiger partial charge is 0.477 e. The lowest BCUT2D eigenvalue weighted by Gasteiger charge is -2.09. The topological polar surface area (TPSA) is 55.1 Å². The van der Waals surface area contributed by atoms with E-state index in [0.29, 0.717) is 5.56 Å². The number of nitrogens with zero attached hydrogens (tertiary/aromatic N) is 2. The van der Waals surface area contributed by atoms with E-state index < -0.39 is 5.97 Å². The zero-order valence-electron chi connectivity index (χ0n) is 11.0. The molecular weight excluding hydrogens is 259 g/mol. The van der Waals surface area contributed by atoms with Crippen LogP contribution in [-0.2, 0) is 19.4 Å². The first-order chi connectivity index (χ1) is 9.66. The quantitative estimate of drug-likeness (QED) is 0.936. The summed E-state index contributed by atoms with van der Waals surface area (Å²) in [4.78, 5) is 11.5. The van der Waals surface area contributed by atoms with Crippen LogP contribution in [-0.4, -0.2) is 20.9 Å². The van der Waals surface area contributed by atoms with Crippen LogP contribution in [0.4, 0.5) is 4.39 Å². The van der Waals surface area contributed by atoms with E-state index in [-0.39, 0.29) is 18.1 Å². The first kappa shape index (κ1) is 12.8. The highest BCUT2D eigenvalue weighted by molar-refractivity contribution is 5.88. The van der Waals surface area contributed by atoms with Crippen LogP contribution in [0.5, 0.6) is 0 Å². The summed E-state index contributed by atoms with van der Waals surface area (Å²) in [5.41, 5.74) is 2.34. The Bertz CT molecular complexity index is 664. The lowest BCUT2D eigenvalue weighted by molar-refractivity contribution is 0.0682. The highest BCUT2D eigenvalue weighted by atomic mass is 19.1. The monoisotopic (exact) mass is 274 g/mol. The van der Waals surface area contributed by atoms with Gasteiger partial charge in [-0.05, 0) is 31.7 Å². The van der Waals surface area contributed by atoms with Gasteiger partial charge in [0.25, 0.3) is 0 Å². The van der Waals surface area contributed by atoms with Crippen molar-refractivity contribution in [3.05, 3.63) is 52.6 Å². The highest BCUT2D eigenvalue weighted by Gasteiger charge is 2.25. The van der Waals surface area contributed by atoms with Gasteiger partial charge in [0.2, 0.25) is 0 Å². The van der Waals surface area contributed by atoms with Crippen LogP contribution >= 0.6 is 0 Å². The van der Waals surface area contributed by atoms with E-state index in [1.165, 1.54) is 10.7 Å². The highest BCUT2D eigenvalue weighted by Crippen LogP contribution is 2.25. The second-order valence-corrected chi connectivity index (χ2v) is 5.04. The summed E-state index contributed by atoms with van der Waals surface area (Å²) >= 11 is 0. The number of hydrogen-bond acceptors (Lipinski definition) is 2. The van der Waals surface area contributed by atoms with Crippen LogP contribution in [0, 0.1) is 5.82 Å². The van der Waals surface area contributed by atoms with E-state index in [0.717, 1.165) is 36.9 Å². The van der Waals surface area contributed by atoms with Crippen molar-refractivity contribution in [1.82, 2.24) is 9.78 Å². The summed E-state index contributed by atoms with van der Waals surface area (Å²) in [6.07, 6.45) is 3.57. The molecule has 0 saturated carbocycles. The number of fused-ring (bicyclic) bond motifs is 1. The lowest BCUT2D eigenvalue weighted by Crippen LogP contribution is -2.13. The van der Waals surface area contributed by atoms with E-state index in [1.807, 2.05) is 0 Å². The summed E-state index contributed by atoms with van der Waals surface area (Å²) in [6, 6.07) is 6.38. The molecule has 0 amide bonds. The Labute approximate surface area is 115 Å². The summed E-state index contributed by atoms with van der Waals surface area (Å²) in [6.45, 7) is 0.154. The van der Waals surface area contributed by atoms with Gasteiger partial charge in [-0.15, -0.1) is 0 Å². The maximum Gasteiger partial charge on any atom is 0.354 e. The summed E-state index contributed by atoms with van der Waals surface area (Å²) < 4.78 is 15.1. The minimum Gasteiger partial charge on any atom is -0.477 e. The molecule has 5 heteroatoms. The first-order valence-corrected chi connectivity index (χ1v) is 6.72. The van der Waals surface area contributed by atoms with Gasteiger partial charge in [-0.3, -0.25) is 4.68 Å².